The first kappa shape index (κ1) is 19.4. The molecule has 2 amide bonds. The molecule has 2 aromatic rings. The Labute approximate surface area is 169 Å². The Hall–Kier alpha value is -1.97. The molecule has 0 radical (unpaired) electrons. The molecule has 3 N–H and O–H groups in total. The molecule has 28 heavy (non-hydrogen) atoms. The second-order valence-electron chi connectivity index (χ2n) is 7.49. The van der Waals surface area contributed by atoms with Crippen LogP contribution in [0.5, 0.6) is 0 Å². The Balaban J connectivity index is 1.68. The number of nitrogens with two attached hydrogens (primary N) is 1. The van der Waals surface area contributed by atoms with Crippen LogP contribution in [0.3, 0.4) is 0 Å². The number of nitrogens with one attached hydrogen (secondary N) is 1. The maximum atomic E-state index is 12.9. The van der Waals surface area contributed by atoms with Crippen LogP contribution < -0.4 is 10.5 Å². The number of halogens is 1. The van der Waals surface area contributed by atoms with E-state index in [-0.39, 0.29) is 16.1 Å². The van der Waals surface area contributed by atoms with Crippen molar-refractivity contribution in [2.24, 2.45) is 9.50 Å². The fourth-order valence-electron chi connectivity index (χ4n) is 3.85. The van der Waals surface area contributed by atoms with Crippen LogP contribution in [-0.4, -0.2) is 25.0 Å². The van der Waals surface area contributed by atoms with Crippen molar-refractivity contribution >= 4 is 33.2 Å². The predicted octanol–water partition coefficient (Wildman–Crippen LogP) is 3.42. The minimum absolute atomic E-state index is 0.0114. The largest absolute Gasteiger partial charge is 0.354 e. The molecule has 150 valence electrons. The number of carbonyl (C=O) groups excluding carboxylic acids is 1. The first-order chi connectivity index (χ1) is 13.3. The highest BCUT2D eigenvalue weighted by Gasteiger charge is 2.27. The summed E-state index contributed by atoms with van der Waals surface area (Å²) in [5.41, 5.74) is 4.99. The molecule has 8 nitrogen and oxygen atoms in total. The standard InChI is InChI=1S/C18H23ClN6O2S/c1-10(2)25-9-13(19)17(23-25)28(20,27)24-18(26)22-16-11-5-3-7-14(11)21-15-8-4-6-12(15)16/h9-10H,3-8H2,1-2H3,(H3,20,21,22,24,26,27)/t28-/m0/s1. The Morgan fingerprint density at radius 1 is 1.25 bits per heavy atom. The van der Waals surface area contributed by atoms with Crippen molar-refractivity contribution in [1.29, 1.82) is 0 Å². The average Bonchev–Trinajstić information content (AvgIpc) is 3.32. The molecular weight excluding hydrogens is 400 g/mol. The van der Waals surface area contributed by atoms with Crippen LogP contribution in [0.1, 0.15) is 55.2 Å². The molecule has 0 spiro atoms. The van der Waals surface area contributed by atoms with Crippen molar-refractivity contribution in [1.82, 2.24) is 14.8 Å². The van der Waals surface area contributed by atoms with Gasteiger partial charge in [0.1, 0.15) is 0 Å². The van der Waals surface area contributed by atoms with Gasteiger partial charge in [-0.15, -0.1) is 4.36 Å². The maximum absolute atomic E-state index is 12.9. The average molecular weight is 423 g/mol. The zero-order chi connectivity index (χ0) is 20.1. The first-order valence-electron chi connectivity index (χ1n) is 9.40. The number of hydrogen-bond donors (Lipinski definition) is 2. The third kappa shape index (κ3) is 3.42. The minimum atomic E-state index is -3.57. The van der Waals surface area contributed by atoms with E-state index in [1.165, 1.54) is 6.20 Å². The monoisotopic (exact) mass is 422 g/mol. The van der Waals surface area contributed by atoms with Gasteiger partial charge in [-0.3, -0.25) is 9.67 Å². The van der Waals surface area contributed by atoms with Crippen molar-refractivity contribution in [3.63, 3.8) is 0 Å². The highest BCUT2D eigenvalue weighted by molar-refractivity contribution is 7.91. The van der Waals surface area contributed by atoms with Crippen LogP contribution >= 0.6 is 11.6 Å². The van der Waals surface area contributed by atoms with Gasteiger partial charge in [0.25, 0.3) is 0 Å². The Bertz CT molecular complexity index is 1050. The van der Waals surface area contributed by atoms with E-state index in [1.54, 1.807) is 4.68 Å². The quantitative estimate of drug-likeness (QED) is 0.788. The Kier molecular flexibility index (Phi) is 4.93. The number of aryl methyl sites for hydroxylation is 2. The number of carbonyl (C=O) groups is 1. The number of aromatic nitrogens is 3. The molecule has 0 fully saturated rings. The first-order valence-corrected chi connectivity index (χ1v) is 11.4. The van der Waals surface area contributed by atoms with E-state index in [9.17, 15) is 9.00 Å². The van der Waals surface area contributed by atoms with Gasteiger partial charge in [0, 0.05) is 23.6 Å². The highest BCUT2D eigenvalue weighted by Crippen LogP contribution is 2.36. The summed E-state index contributed by atoms with van der Waals surface area (Å²) in [7, 11) is -3.57. The molecule has 4 rings (SSSR count). The zero-order valence-electron chi connectivity index (χ0n) is 15.9. The number of urea groups is 1. The molecule has 2 heterocycles. The number of fused-ring (bicyclic) bond motifs is 2. The number of nitrogens with zero attached hydrogens (tertiary/aromatic N) is 4. The van der Waals surface area contributed by atoms with Crippen molar-refractivity contribution < 1.29 is 9.00 Å². The van der Waals surface area contributed by atoms with Crippen molar-refractivity contribution in [3.8, 4) is 0 Å². The van der Waals surface area contributed by atoms with Crippen LogP contribution in [0.4, 0.5) is 10.5 Å². The normalized spacial score (nSPS) is 17.3. The van der Waals surface area contributed by atoms with Crippen molar-refractivity contribution in [3.05, 3.63) is 33.7 Å². The summed E-state index contributed by atoms with van der Waals surface area (Å²) in [5.74, 6) is 0. The van der Waals surface area contributed by atoms with Gasteiger partial charge in [0.2, 0.25) is 0 Å². The lowest BCUT2D eigenvalue weighted by Crippen LogP contribution is -2.20. The minimum Gasteiger partial charge on any atom is -0.305 e. The van der Waals surface area contributed by atoms with Crippen LogP contribution in [-0.2, 0) is 35.6 Å². The molecular formula is C18H23ClN6O2S. The SMILES string of the molecule is CC(C)n1cc(Cl)c([S@@](N)(=O)=NC(=O)Nc2c3c(nc4c2CCC4)CCC3)n1. The molecule has 10 heteroatoms. The molecule has 2 aliphatic carbocycles. The summed E-state index contributed by atoms with van der Waals surface area (Å²) in [5, 5.41) is 12.9. The van der Waals surface area contributed by atoms with E-state index in [0.717, 1.165) is 66.7 Å². The van der Waals surface area contributed by atoms with E-state index in [1.807, 2.05) is 13.8 Å². The molecule has 0 bridgehead atoms. The Morgan fingerprint density at radius 2 is 1.86 bits per heavy atom. The third-order valence-electron chi connectivity index (χ3n) is 5.16. The fraction of sp³-hybridized carbons (Fsp3) is 0.500. The highest BCUT2D eigenvalue weighted by atomic mass is 35.5. The number of rotatable bonds is 3. The lowest BCUT2D eigenvalue weighted by atomic mass is 10.1. The van der Waals surface area contributed by atoms with Gasteiger partial charge < -0.3 is 5.32 Å². The molecule has 0 aromatic carbocycles. The molecule has 0 aliphatic heterocycles. The third-order valence-corrected chi connectivity index (χ3v) is 6.85. The van der Waals surface area contributed by atoms with E-state index < -0.39 is 15.9 Å². The summed E-state index contributed by atoms with van der Waals surface area (Å²) in [6.45, 7) is 3.81. The number of pyridine rings is 1. The summed E-state index contributed by atoms with van der Waals surface area (Å²) in [6.07, 6.45) is 7.13. The van der Waals surface area contributed by atoms with Gasteiger partial charge in [0.05, 0.1) is 10.7 Å². The van der Waals surface area contributed by atoms with Crippen LogP contribution in [0.2, 0.25) is 5.02 Å². The van der Waals surface area contributed by atoms with Crippen LogP contribution in [0, 0.1) is 0 Å². The van der Waals surface area contributed by atoms with Crippen LogP contribution in [0.25, 0.3) is 0 Å². The van der Waals surface area contributed by atoms with Gasteiger partial charge in [-0.2, -0.15) is 5.10 Å². The van der Waals surface area contributed by atoms with E-state index in [4.69, 9.17) is 21.7 Å². The maximum Gasteiger partial charge on any atom is 0.354 e. The van der Waals surface area contributed by atoms with Gasteiger partial charge in [-0.1, -0.05) is 11.6 Å². The molecule has 2 aliphatic rings. The van der Waals surface area contributed by atoms with Gasteiger partial charge in [-0.25, -0.2) is 14.1 Å². The summed E-state index contributed by atoms with van der Waals surface area (Å²) < 4.78 is 18.2. The second-order valence-corrected chi connectivity index (χ2v) is 9.60. The smallest absolute Gasteiger partial charge is 0.305 e. The zero-order valence-corrected chi connectivity index (χ0v) is 17.4. The fourth-order valence-corrected chi connectivity index (χ4v) is 5.24. The second kappa shape index (κ2) is 7.13. The van der Waals surface area contributed by atoms with Gasteiger partial charge in [0.15, 0.2) is 14.9 Å². The molecule has 0 unspecified atom stereocenters. The summed E-state index contributed by atoms with van der Waals surface area (Å²) >= 11 is 6.13. The molecule has 0 saturated carbocycles. The molecule has 1 atom stereocenters. The van der Waals surface area contributed by atoms with Crippen molar-refractivity contribution in [2.45, 2.75) is 63.4 Å². The lowest BCUT2D eigenvalue weighted by molar-refractivity contribution is 0.260. The summed E-state index contributed by atoms with van der Waals surface area (Å²) in [6, 6.07) is -0.741. The lowest BCUT2D eigenvalue weighted by Gasteiger charge is -2.14. The van der Waals surface area contributed by atoms with E-state index >= 15 is 0 Å². The molecule has 2 aromatic heterocycles. The van der Waals surface area contributed by atoms with E-state index in [2.05, 4.69) is 14.8 Å². The summed E-state index contributed by atoms with van der Waals surface area (Å²) in [4.78, 5) is 17.4. The molecule has 0 saturated heterocycles. The number of anilines is 1. The topological polar surface area (TPSA) is 115 Å². The van der Waals surface area contributed by atoms with Gasteiger partial charge >= 0.3 is 6.03 Å². The van der Waals surface area contributed by atoms with E-state index in [0.29, 0.717) is 0 Å². The predicted molar refractivity (Wildman–Crippen MR) is 108 cm³/mol. The van der Waals surface area contributed by atoms with Crippen molar-refractivity contribution in [2.75, 3.05) is 5.32 Å². The Morgan fingerprint density at radius 3 is 2.39 bits per heavy atom. The van der Waals surface area contributed by atoms with Gasteiger partial charge in [-0.05, 0) is 63.5 Å². The number of hydrogen-bond acceptors (Lipinski definition) is 4. The van der Waals surface area contributed by atoms with Crippen LogP contribution in [0.15, 0.2) is 15.6 Å². The number of amides is 2.